The van der Waals surface area contributed by atoms with Crippen molar-refractivity contribution in [2.45, 2.75) is 24.7 Å². The van der Waals surface area contributed by atoms with Crippen molar-refractivity contribution >= 4 is 27.3 Å². The van der Waals surface area contributed by atoms with E-state index in [1.807, 2.05) is 0 Å². The van der Waals surface area contributed by atoms with Crippen LogP contribution < -0.4 is 9.62 Å². The summed E-state index contributed by atoms with van der Waals surface area (Å²) in [5, 5.41) is 0. The van der Waals surface area contributed by atoms with E-state index in [0.29, 0.717) is 18.7 Å². The molecule has 1 saturated heterocycles. The fourth-order valence-electron chi connectivity index (χ4n) is 2.81. The Labute approximate surface area is 144 Å². The Kier molecular flexibility index (Phi) is 4.47. The lowest BCUT2D eigenvalue weighted by Gasteiger charge is -2.20. The zero-order valence-electron chi connectivity index (χ0n) is 13.4. The summed E-state index contributed by atoms with van der Waals surface area (Å²) in [4.78, 5) is 12.5. The summed E-state index contributed by atoms with van der Waals surface area (Å²) < 4.78 is 54.4. The molecule has 0 saturated carbocycles. The Hall–Kier alpha value is -2.48. The molecule has 2 aromatic rings. The van der Waals surface area contributed by atoms with Crippen LogP contribution in [0.4, 0.5) is 20.2 Å². The molecule has 1 aliphatic rings. The third-order valence-electron chi connectivity index (χ3n) is 4.01. The average molecular weight is 366 g/mol. The van der Waals surface area contributed by atoms with Crippen LogP contribution >= 0.6 is 0 Å². The Bertz CT molecular complexity index is 925. The van der Waals surface area contributed by atoms with Crippen molar-refractivity contribution in [1.82, 2.24) is 0 Å². The maximum absolute atomic E-state index is 13.8. The van der Waals surface area contributed by atoms with Crippen molar-refractivity contribution in [2.24, 2.45) is 0 Å². The predicted octanol–water partition coefficient (Wildman–Crippen LogP) is 3.20. The number of carbonyl (C=O) groups excluding carboxylic acids is 1. The van der Waals surface area contributed by atoms with E-state index in [2.05, 4.69) is 4.72 Å². The SMILES string of the molecule is Cc1ccc(NS(=O)(=O)c2c(F)cccc2F)cc1N1CCCC1=O. The number of rotatable bonds is 4. The van der Waals surface area contributed by atoms with E-state index >= 15 is 0 Å². The average Bonchev–Trinajstić information content (AvgIpc) is 2.94. The topological polar surface area (TPSA) is 66.5 Å². The van der Waals surface area contributed by atoms with E-state index in [4.69, 9.17) is 0 Å². The highest BCUT2D eigenvalue weighted by Crippen LogP contribution is 2.29. The molecular weight excluding hydrogens is 350 g/mol. The molecule has 2 aromatic carbocycles. The number of anilines is 2. The number of nitrogens with zero attached hydrogens (tertiary/aromatic N) is 1. The number of aryl methyl sites for hydroxylation is 1. The normalized spacial score (nSPS) is 14.8. The van der Waals surface area contributed by atoms with Crippen molar-refractivity contribution in [1.29, 1.82) is 0 Å². The monoisotopic (exact) mass is 366 g/mol. The fraction of sp³-hybridized carbons (Fsp3) is 0.235. The minimum absolute atomic E-state index is 0.0387. The van der Waals surface area contributed by atoms with E-state index in [0.717, 1.165) is 30.2 Å². The number of benzene rings is 2. The van der Waals surface area contributed by atoms with Crippen molar-refractivity contribution in [3.8, 4) is 0 Å². The van der Waals surface area contributed by atoms with Crippen LogP contribution in [0.5, 0.6) is 0 Å². The smallest absolute Gasteiger partial charge is 0.267 e. The van der Waals surface area contributed by atoms with Crippen molar-refractivity contribution in [3.63, 3.8) is 0 Å². The Morgan fingerprint density at radius 3 is 2.40 bits per heavy atom. The van der Waals surface area contributed by atoms with Gasteiger partial charge in [-0.15, -0.1) is 0 Å². The summed E-state index contributed by atoms with van der Waals surface area (Å²) in [5.41, 5.74) is 1.51. The van der Waals surface area contributed by atoms with E-state index in [1.54, 1.807) is 17.9 Å². The van der Waals surface area contributed by atoms with Gasteiger partial charge in [-0.2, -0.15) is 0 Å². The van der Waals surface area contributed by atoms with Crippen LogP contribution in [0.15, 0.2) is 41.3 Å². The van der Waals surface area contributed by atoms with Crippen LogP contribution in [0, 0.1) is 18.6 Å². The molecule has 0 aliphatic carbocycles. The molecular formula is C17H16F2N2O3S. The predicted molar refractivity (Wildman–Crippen MR) is 89.9 cm³/mol. The molecule has 132 valence electrons. The number of amides is 1. The molecule has 1 aliphatic heterocycles. The first-order valence-electron chi connectivity index (χ1n) is 7.67. The summed E-state index contributed by atoms with van der Waals surface area (Å²) in [5.74, 6) is -2.38. The maximum Gasteiger partial charge on any atom is 0.267 e. The quantitative estimate of drug-likeness (QED) is 0.904. The number of carbonyl (C=O) groups is 1. The van der Waals surface area contributed by atoms with Crippen LogP contribution in [-0.2, 0) is 14.8 Å². The molecule has 0 aromatic heterocycles. The van der Waals surface area contributed by atoms with Crippen molar-refractivity contribution in [2.75, 3.05) is 16.2 Å². The van der Waals surface area contributed by atoms with Crippen LogP contribution in [0.3, 0.4) is 0 Å². The van der Waals surface area contributed by atoms with Gasteiger partial charge in [-0.1, -0.05) is 12.1 Å². The van der Waals surface area contributed by atoms with Crippen LogP contribution in [0.1, 0.15) is 18.4 Å². The molecule has 0 unspecified atom stereocenters. The number of sulfonamides is 1. The van der Waals surface area contributed by atoms with Gasteiger partial charge in [-0.05, 0) is 43.2 Å². The molecule has 25 heavy (non-hydrogen) atoms. The van der Waals surface area contributed by atoms with Gasteiger partial charge in [0.15, 0.2) is 4.90 Å². The Balaban J connectivity index is 1.97. The van der Waals surface area contributed by atoms with E-state index in [-0.39, 0.29) is 11.6 Å². The summed E-state index contributed by atoms with van der Waals surface area (Å²) >= 11 is 0. The summed E-state index contributed by atoms with van der Waals surface area (Å²) in [6.07, 6.45) is 1.17. The molecule has 1 N–H and O–H groups in total. The van der Waals surface area contributed by atoms with Gasteiger partial charge >= 0.3 is 0 Å². The Morgan fingerprint density at radius 1 is 1.12 bits per heavy atom. The van der Waals surface area contributed by atoms with Gasteiger partial charge in [0.1, 0.15) is 11.6 Å². The summed E-state index contributed by atoms with van der Waals surface area (Å²) in [7, 11) is -4.44. The van der Waals surface area contributed by atoms with E-state index < -0.39 is 26.6 Å². The molecule has 8 heteroatoms. The first-order valence-corrected chi connectivity index (χ1v) is 9.16. The lowest BCUT2D eigenvalue weighted by atomic mass is 10.1. The number of halogens is 2. The Morgan fingerprint density at radius 2 is 1.80 bits per heavy atom. The summed E-state index contributed by atoms with van der Waals surface area (Å²) in [6, 6.07) is 7.47. The van der Waals surface area contributed by atoms with Crippen LogP contribution in [0.2, 0.25) is 0 Å². The second kappa shape index (κ2) is 6.44. The number of hydrogen-bond acceptors (Lipinski definition) is 3. The van der Waals surface area contributed by atoms with Crippen LogP contribution in [-0.4, -0.2) is 20.9 Å². The minimum atomic E-state index is -4.44. The lowest BCUT2D eigenvalue weighted by Crippen LogP contribution is -2.25. The van der Waals surface area contributed by atoms with Crippen LogP contribution in [0.25, 0.3) is 0 Å². The molecule has 0 radical (unpaired) electrons. The second-order valence-electron chi connectivity index (χ2n) is 5.81. The van der Waals surface area contributed by atoms with Gasteiger partial charge in [0, 0.05) is 18.7 Å². The van der Waals surface area contributed by atoms with Crippen molar-refractivity contribution in [3.05, 3.63) is 53.6 Å². The molecule has 1 heterocycles. The molecule has 5 nitrogen and oxygen atoms in total. The fourth-order valence-corrected chi connectivity index (χ4v) is 4.00. The lowest BCUT2D eigenvalue weighted by molar-refractivity contribution is -0.117. The molecule has 0 spiro atoms. The third-order valence-corrected chi connectivity index (χ3v) is 5.45. The van der Waals surface area contributed by atoms with Gasteiger partial charge in [0.25, 0.3) is 10.0 Å². The molecule has 0 bridgehead atoms. The number of nitrogens with one attached hydrogen (secondary N) is 1. The van der Waals surface area contributed by atoms with Crippen molar-refractivity contribution < 1.29 is 22.0 Å². The highest BCUT2D eigenvalue weighted by atomic mass is 32.2. The highest BCUT2D eigenvalue weighted by Gasteiger charge is 2.26. The number of hydrogen-bond donors (Lipinski definition) is 1. The maximum atomic E-state index is 13.8. The summed E-state index contributed by atoms with van der Waals surface area (Å²) in [6.45, 7) is 2.35. The van der Waals surface area contributed by atoms with Gasteiger partial charge < -0.3 is 4.90 Å². The van der Waals surface area contributed by atoms with Gasteiger partial charge in [-0.3, -0.25) is 9.52 Å². The second-order valence-corrected chi connectivity index (χ2v) is 7.43. The standard InChI is InChI=1S/C17H16F2N2O3S/c1-11-7-8-12(10-15(11)21-9-3-6-16(21)22)20-25(23,24)17-13(18)4-2-5-14(17)19/h2,4-5,7-8,10,20H,3,6,9H2,1H3. The zero-order chi connectivity index (χ0) is 18.2. The molecule has 1 fully saturated rings. The zero-order valence-corrected chi connectivity index (χ0v) is 14.2. The van der Waals surface area contributed by atoms with Gasteiger partial charge in [0.05, 0.1) is 5.69 Å². The first-order chi connectivity index (χ1) is 11.8. The van der Waals surface area contributed by atoms with Gasteiger partial charge in [-0.25, -0.2) is 17.2 Å². The molecule has 1 amide bonds. The minimum Gasteiger partial charge on any atom is -0.312 e. The van der Waals surface area contributed by atoms with Gasteiger partial charge in [0.2, 0.25) is 5.91 Å². The van der Waals surface area contributed by atoms with E-state index in [9.17, 15) is 22.0 Å². The highest BCUT2D eigenvalue weighted by molar-refractivity contribution is 7.92. The molecule has 0 atom stereocenters. The first kappa shape index (κ1) is 17.3. The third kappa shape index (κ3) is 3.34. The van der Waals surface area contributed by atoms with E-state index in [1.165, 1.54) is 12.1 Å². The largest absolute Gasteiger partial charge is 0.312 e. The molecule has 3 rings (SSSR count).